The largest absolute Gasteiger partial charge is 0.298 e. The van der Waals surface area contributed by atoms with Crippen LogP contribution in [0.5, 0.6) is 0 Å². The molecule has 0 aliphatic rings. The van der Waals surface area contributed by atoms with Crippen molar-refractivity contribution in [1.29, 1.82) is 0 Å². The van der Waals surface area contributed by atoms with E-state index >= 15 is 0 Å². The number of carbonyl (C=O) groups is 1. The molecule has 0 fully saturated rings. The predicted molar refractivity (Wildman–Crippen MR) is 43.5 cm³/mol. The van der Waals surface area contributed by atoms with Crippen LogP contribution in [0.15, 0.2) is 6.20 Å². The quantitative estimate of drug-likeness (QED) is 0.495. The molecule has 0 aliphatic carbocycles. The average Bonchev–Trinajstić information content (AvgIpc) is 2.31. The summed E-state index contributed by atoms with van der Waals surface area (Å²) < 4.78 is 0.577. The minimum atomic E-state index is 0.577. The highest BCUT2D eigenvalue weighted by Crippen LogP contribution is 2.16. The fraction of sp³-hybridized carbons (Fsp3) is 0.429. The van der Waals surface area contributed by atoms with Gasteiger partial charge >= 0.3 is 0 Å². The minimum Gasteiger partial charge on any atom is -0.298 e. The van der Waals surface area contributed by atoms with Crippen LogP contribution in [0.2, 0.25) is 0 Å². The number of quaternary nitrogens is 1. The van der Waals surface area contributed by atoms with Crippen LogP contribution < -0.4 is 4.48 Å². The van der Waals surface area contributed by atoms with Crippen molar-refractivity contribution in [3.8, 4) is 0 Å². The third kappa shape index (κ3) is 1.46. The Kier molecular flexibility index (Phi) is 1.78. The third-order valence-electron chi connectivity index (χ3n) is 1.45. The van der Waals surface area contributed by atoms with Crippen LogP contribution in [0.3, 0.4) is 0 Å². The standard InChI is InChI=1S/C7H11N3O/c1-10(2,3)7-6(5-11)4-8-9-7/h4-5H,1-3H3/p+1. The first-order chi connectivity index (χ1) is 5.05. The molecule has 1 aromatic heterocycles. The molecule has 0 atom stereocenters. The lowest BCUT2D eigenvalue weighted by atomic mass is 10.3. The molecule has 0 aromatic carbocycles. The first-order valence-corrected chi connectivity index (χ1v) is 3.36. The number of nitrogens with one attached hydrogen (secondary N) is 1. The summed E-state index contributed by atoms with van der Waals surface area (Å²) in [6, 6.07) is 0. The number of H-pyrrole nitrogens is 1. The molecule has 60 valence electrons. The molecule has 4 nitrogen and oxygen atoms in total. The summed E-state index contributed by atoms with van der Waals surface area (Å²) in [4.78, 5) is 10.5. The van der Waals surface area contributed by atoms with Crippen LogP contribution in [-0.4, -0.2) is 37.6 Å². The van der Waals surface area contributed by atoms with Gasteiger partial charge in [0.15, 0.2) is 6.29 Å². The summed E-state index contributed by atoms with van der Waals surface area (Å²) in [5, 5.41) is 6.58. The Morgan fingerprint density at radius 2 is 2.18 bits per heavy atom. The molecule has 1 aromatic rings. The number of hydrogen-bond donors (Lipinski definition) is 1. The van der Waals surface area contributed by atoms with Crippen molar-refractivity contribution < 1.29 is 4.79 Å². The number of aromatic amines is 1. The van der Waals surface area contributed by atoms with Gasteiger partial charge in [0.2, 0.25) is 5.82 Å². The number of rotatable bonds is 2. The second-order valence-electron chi connectivity index (χ2n) is 3.30. The maximum Gasteiger partial charge on any atom is 0.233 e. The molecule has 0 radical (unpaired) electrons. The molecule has 11 heavy (non-hydrogen) atoms. The number of hydrogen-bond acceptors (Lipinski definition) is 2. The van der Waals surface area contributed by atoms with E-state index in [1.54, 1.807) is 0 Å². The fourth-order valence-corrected chi connectivity index (χ4v) is 0.912. The van der Waals surface area contributed by atoms with E-state index in [2.05, 4.69) is 10.2 Å². The van der Waals surface area contributed by atoms with Crippen LogP contribution in [-0.2, 0) is 0 Å². The molecular weight excluding hydrogens is 142 g/mol. The van der Waals surface area contributed by atoms with Gasteiger partial charge in [0.05, 0.1) is 27.3 Å². The Balaban J connectivity index is 3.12. The first kappa shape index (κ1) is 7.94. The molecule has 1 heterocycles. The Morgan fingerprint density at radius 1 is 1.55 bits per heavy atom. The van der Waals surface area contributed by atoms with E-state index in [9.17, 15) is 4.79 Å². The number of aldehydes is 1. The molecule has 0 amide bonds. The molecular formula is C7H12N3O+. The highest BCUT2D eigenvalue weighted by molar-refractivity contribution is 5.81. The highest BCUT2D eigenvalue weighted by Gasteiger charge is 2.18. The van der Waals surface area contributed by atoms with Gasteiger partial charge in [0, 0.05) is 0 Å². The molecule has 0 aliphatic heterocycles. The molecule has 0 saturated heterocycles. The molecule has 0 bridgehead atoms. The summed E-state index contributed by atoms with van der Waals surface area (Å²) in [6.45, 7) is 0. The zero-order chi connectivity index (χ0) is 8.48. The van der Waals surface area contributed by atoms with Crippen LogP contribution >= 0.6 is 0 Å². The Hall–Kier alpha value is -1.16. The Bertz CT molecular complexity index is 259. The summed E-state index contributed by atoms with van der Waals surface area (Å²) in [7, 11) is 5.92. The van der Waals surface area contributed by atoms with E-state index in [0.717, 1.165) is 12.1 Å². The van der Waals surface area contributed by atoms with E-state index in [4.69, 9.17) is 0 Å². The van der Waals surface area contributed by atoms with Crippen molar-refractivity contribution in [2.75, 3.05) is 21.1 Å². The van der Waals surface area contributed by atoms with Crippen molar-refractivity contribution in [2.24, 2.45) is 0 Å². The van der Waals surface area contributed by atoms with Gasteiger partial charge in [-0.05, 0) is 0 Å². The van der Waals surface area contributed by atoms with Crippen LogP contribution in [0, 0.1) is 0 Å². The smallest absolute Gasteiger partial charge is 0.233 e. The fourth-order valence-electron chi connectivity index (χ4n) is 0.912. The maximum absolute atomic E-state index is 10.5. The topological polar surface area (TPSA) is 45.8 Å². The molecule has 0 unspecified atom stereocenters. The Labute approximate surface area is 65.4 Å². The van der Waals surface area contributed by atoms with Crippen molar-refractivity contribution in [3.05, 3.63) is 11.8 Å². The molecule has 4 heteroatoms. The summed E-state index contributed by atoms with van der Waals surface area (Å²) >= 11 is 0. The molecule has 1 rings (SSSR count). The lowest BCUT2D eigenvalue weighted by Gasteiger charge is -2.20. The van der Waals surface area contributed by atoms with E-state index in [1.807, 2.05) is 21.1 Å². The van der Waals surface area contributed by atoms with Crippen LogP contribution in [0.4, 0.5) is 5.82 Å². The second kappa shape index (κ2) is 2.47. The second-order valence-corrected chi connectivity index (χ2v) is 3.30. The average molecular weight is 154 g/mol. The SMILES string of the molecule is C[N+](C)(C)c1[nH]ncc1C=O. The van der Waals surface area contributed by atoms with E-state index in [0.29, 0.717) is 10.0 Å². The van der Waals surface area contributed by atoms with Gasteiger partial charge in [-0.2, -0.15) is 5.10 Å². The van der Waals surface area contributed by atoms with Gasteiger partial charge in [-0.15, -0.1) is 0 Å². The van der Waals surface area contributed by atoms with Crippen molar-refractivity contribution in [3.63, 3.8) is 0 Å². The van der Waals surface area contributed by atoms with Gasteiger partial charge in [0.25, 0.3) is 0 Å². The summed E-state index contributed by atoms with van der Waals surface area (Å²) in [6.07, 6.45) is 2.34. The monoisotopic (exact) mass is 154 g/mol. The number of aromatic nitrogens is 2. The molecule has 1 N–H and O–H groups in total. The summed E-state index contributed by atoms with van der Waals surface area (Å²) in [5.74, 6) is 0.833. The zero-order valence-corrected chi connectivity index (χ0v) is 6.96. The van der Waals surface area contributed by atoms with E-state index in [1.165, 1.54) is 6.20 Å². The van der Waals surface area contributed by atoms with Gasteiger partial charge in [0.1, 0.15) is 5.56 Å². The van der Waals surface area contributed by atoms with Crippen molar-refractivity contribution in [2.45, 2.75) is 0 Å². The highest BCUT2D eigenvalue weighted by atomic mass is 16.1. The minimum absolute atomic E-state index is 0.577. The zero-order valence-electron chi connectivity index (χ0n) is 6.96. The van der Waals surface area contributed by atoms with Crippen molar-refractivity contribution >= 4 is 12.1 Å². The normalized spacial score (nSPS) is 11.5. The van der Waals surface area contributed by atoms with Gasteiger partial charge in [-0.3, -0.25) is 9.28 Å². The number of nitrogens with zero attached hydrogens (tertiary/aromatic N) is 2. The van der Waals surface area contributed by atoms with Gasteiger partial charge in [-0.1, -0.05) is 0 Å². The van der Waals surface area contributed by atoms with Crippen LogP contribution in [0.25, 0.3) is 0 Å². The molecule has 0 saturated carbocycles. The maximum atomic E-state index is 10.5. The number of carbonyl (C=O) groups excluding carboxylic acids is 1. The predicted octanol–water partition coefficient (Wildman–Crippen LogP) is 0.419. The first-order valence-electron chi connectivity index (χ1n) is 3.36. The van der Waals surface area contributed by atoms with Crippen LogP contribution in [0.1, 0.15) is 10.4 Å². The lowest BCUT2D eigenvalue weighted by molar-refractivity contribution is 0.112. The third-order valence-corrected chi connectivity index (χ3v) is 1.45. The van der Waals surface area contributed by atoms with Crippen molar-refractivity contribution in [1.82, 2.24) is 14.7 Å². The Morgan fingerprint density at radius 3 is 2.55 bits per heavy atom. The lowest BCUT2D eigenvalue weighted by Crippen LogP contribution is -2.36. The van der Waals surface area contributed by atoms with Gasteiger partial charge in [-0.25, -0.2) is 5.10 Å². The van der Waals surface area contributed by atoms with E-state index in [-0.39, 0.29) is 0 Å². The van der Waals surface area contributed by atoms with Gasteiger partial charge < -0.3 is 0 Å². The summed E-state index contributed by atoms with van der Waals surface area (Å²) in [5.41, 5.74) is 0.623. The van der Waals surface area contributed by atoms with E-state index < -0.39 is 0 Å². The molecule has 0 spiro atoms.